The third-order valence-electron chi connectivity index (χ3n) is 2.48. The lowest BCUT2D eigenvalue weighted by molar-refractivity contribution is -0.139. The normalized spacial score (nSPS) is 12.2. The second-order valence-corrected chi connectivity index (χ2v) is 4.73. The molecule has 0 saturated carbocycles. The minimum atomic E-state index is -1.12. The molecule has 104 valence electrons. The highest BCUT2D eigenvalue weighted by Gasteiger charge is 2.22. The maximum absolute atomic E-state index is 11.8. The van der Waals surface area contributed by atoms with Crippen molar-refractivity contribution in [3.05, 3.63) is 23.8 Å². The van der Waals surface area contributed by atoms with Crippen molar-refractivity contribution in [1.82, 2.24) is 5.32 Å². The summed E-state index contributed by atoms with van der Waals surface area (Å²) in [5, 5.41) is 29.9. The van der Waals surface area contributed by atoms with Gasteiger partial charge in [-0.15, -0.1) is 0 Å². The van der Waals surface area contributed by atoms with Crippen molar-refractivity contribution in [2.75, 3.05) is 0 Å². The number of hydrogen-bond acceptors (Lipinski definition) is 4. The summed E-state index contributed by atoms with van der Waals surface area (Å²) in [5.41, 5.74) is 0.00695. The molecule has 1 aromatic carbocycles. The Kier molecular flexibility index (Phi) is 4.74. The summed E-state index contributed by atoms with van der Waals surface area (Å²) >= 11 is 0. The zero-order chi connectivity index (χ0) is 14.6. The van der Waals surface area contributed by atoms with Gasteiger partial charge in [0.05, 0.1) is 0 Å². The molecule has 0 aliphatic heterocycles. The van der Waals surface area contributed by atoms with Gasteiger partial charge in [-0.05, 0) is 24.5 Å². The summed E-state index contributed by atoms with van der Waals surface area (Å²) in [6, 6.07) is 2.39. The number of hydrogen-bond donors (Lipinski definition) is 4. The molecule has 19 heavy (non-hydrogen) atoms. The highest BCUT2D eigenvalue weighted by molar-refractivity contribution is 5.97. The maximum atomic E-state index is 11.8. The largest absolute Gasteiger partial charge is 0.508 e. The Morgan fingerprint density at radius 1 is 1.16 bits per heavy atom. The van der Waals surface area contributed by atoms with Gasteiger partial charge in [0.25, 0.3) is 5.91 Å². The first-order valence-corrected chi connectivity index (χ1v) is 5.86. The van der Waals surface area contributed by atoms with Crippen LogP contribution in [0.15, 0.2) is 18.2 Å². The van der Waals surface area contributed by atoms with E-state index in [0.717, 1.165) is 18.2 Å². The molecular formula is C13H17NO5. The highest BCUT2D eigenvalue weighted by atomic mass is 16.4. The third kappa shape index (κ3) is 4.50. The van der Waals surface area contributed by atoms with E-state index in [0.29, 0.717) is 6.42 Å². The van der Waals surface area contributed by atoms with Gasteiger partial charge in [0.15, 0.2) is 0 Å². The van der Waals surface area contributed by atoms with Crippen LogP contribution in [0, 0.1) is 5.92 Å². The van der Waals surface area contributed by atoms with Crippen molar-refractivity contribution in [3.8, 4) is 11.5 Å². The second-order valence-electron chi connectivity index (χ2n) is 4.73. The Balaban J connectivity index is 2.84. The van der Waals surface area contributed by atoms with E-state index in [9.17, 15) is 19.8 Å². The smallest absolute Gasteiger partial charge is 0.326 e. The first-order chi connectivity index (χ1) is 8.79. The van der Waals surface area contributed by atoms with Crippen LogP contribution >= 0.6 is 0 Å². The van der Waals surface area contributed by atoms with Gasteiger partial charge in [-0.25, -0.2) is 4.79 Å². The second kappa shape index (κ2) is 6.08. The summed E-state index contributed by atoms with van der Waals surface area (Å²) < 4.78 is 0. The van der Waals surface area contributed by atoms with Crippen LogP contribution in [0.1, 0.15) is 30.6 Å². The molecule has 0 unspecified atom stereocenters. The van der Waals surface area contributed by atoms with Gasteiger partial charge in [0.1, 0.15) is 17.5 Å². The van der Waals surface area contributed by atoms with Crippen LogP contribution < -0.4 is 5.32 Å². The molecule has 4 N–H and O–H groups in total. The molecule has 0 aliphatic rings. The van der Waals surface area contributed by atoms with Crippen molar-refractivity contribution in [2.24, 2.45) is 5.92 Å². The predicted molar refractivity (Wildman–Crippen MR) is 68.1 cm³/mol. The van der Waals surface area contributed by atoms with Crippen molar-refractivity contribution in [1.29, 1.82) is 0 Å². The number of nitrogens with one attached hydrogen (secondary N) is 1. The minimum Gasteiger partial charge on any atom is -0.508 e. The molecule has 0 aliphatic carbocycles. The molecule has 0 spiro atoms. The Morgan fingerprint density at radius 3 is 2.11 bits per heavy atom. The van der Waals surface area contributed by atoms with Gasteiger partial charge in [0.2, 0.25) is 0 Å². The Hall–Kier alpha value is -2.24. The average Bonchev–Trinajstić information content (AvgIpc) is 2.25. The van der Waals surface area contributed by atoms with Crippen LogP contribution in [-0.4, -0.2) is 33.2 Å². The van der Waals surface area contributed by atoms with Crippen molar-refractivity contribution in [3.63, 3.8) is 0 Å². The third-order valence-corrected chi connectivity index (χ3v) is 2.48. The lowest BCUT2D eigenvalue weighted by Gasteiger charge is -2.16. The van der Waals surface area contributed by atoms with Gasteiger partial charge in [-0.1, -0.05) is 13.8 Å². The van der Waals surface area contributed by atoms with Crippen molar-refractivity contribution >= 4 is 11.9 Å². The number of carboxylic acid groups (broad SMARTS) is 1. The molecule has 0 heterocycles. The molecule has 1 atom stereocenters. The quantitative estimate of drug-likeness (QED) is 0.643. The average molecular weight is 267 g/mol. The van der Waals surface area contributed by atoms with Gasteiger partial charge >= 0.3 is 5.97 Å². The standard InChI is InChI=1S/C13H17NO5/c1-7(2)3-11(13(18)19)14-12(17)8-4-9(15)6-10(16)5-8/h4-7,11,15-16H,3H2,1-2H3,(H,14,17)(H,18,19)/t11-/m0/s1. The zero-order valence-electron chi connectivity index (χ0n) is 10.8. The highest BCUT2D eigenvalue weighted by Crippen LogP contribution is 2.20. The number of aromatic hydroxyl groups is 2. The Morgan fingerprint density at radius 2 is 1.68 bits per heavy atom. The monoisotopic (exact) mass is 267 g/mol. The van der Waals surface area contributed by atoms with E-state index in [1.54, 1.807) is 0 Å². The molecule has 0 fully saturated rings. The van der Waals surface area contributed by atoms with Gasteiger partial charge in [-0.3, -0.25) is 4.79 Å². The molecule has 1 aromatic rings. The molecule has 0 bridgehead atoms. The fourth-order valence-corrected chi connectivity index (χ4v) is 1.66. The van der Waals surface area contributed by atoms with E-state index in [1.807, 2.05) is 13.8 Å². The minimum absolute atomic E-state index is 0.00695. The van der Waals surface area contributed by atoms with E-state index < -0.39 is 17.9 Å². The number of carbonyl (C=O) groups excluding carboxylic acids is 1. The predicted octanol–water partition coefficient (Wildman–Crippen LogP) is 1.33. The summed E-state index contributed by atoms with van der Waals surface area (Å²) in [7, 11) is 0. The van der Waals surface area contributed by atoms with Gasteiger partial charge in [0, 0.05) is 11.6 Å². The number of aliphatic carboxylic acids is 1. The molecule has 6 heteroatoms. The Labute approximate surface area is 110 Å². The number of carboxylic acids is 1. The van der Waals surface area contributed by atoms with Crippen LogP contribution in [0.3, 0.4) is 0 Å². The fraction of sp³-hybridized carbons (Fsp3) is 0.385. The van der Waals surface area contributed by atoms with Crippen LogP contribution in [0.2, 0.25) is 0 Å². The molecule has 0 saturated heterocycles. The lowest BCUT2D eigenvalue weighted by atomic mass is 10.0. The van der Waals surface area contributed by atoms with E-state index in [2.05, 4.69) is 5.32 Å². The van der Waals surface area contributed by atoms with Crippen LogP contribution in [0.5, 0.6) is 11.5 Å². The maximum Gasteiger partial charge on any atom is 0.326 e. The van der Waals surface area contributed by atoms with E-state index >= 15 is 0 Å². The SMILES string of the molecule is CC(C)C[C@H](NC(=O)c1cc(O)cc(O)c1)C(=O)O. The van der Waals surface area contributed by atoms with Crippen LogP contribution in [0.25, 0.3) is 0 Å². The molecule has 0 radical (unpaired) electrons. The zero-order valence-corrected chi connectivity index (χ0v) is 10.8. The van der Waals surface area contributed by atoms with E-state index in [4.69, 9.17) is 5.11 Å². The summed E-state index contributed by atoms with van der Waals surface area (Å²) in [6.45, 7) is 3.70. The molecule has 6 nitrogen and oxygen atoms in total. The van der Waals surface area contributed by atoms with Gasteiger partial charge < -0.3 is 20.6 Å². The number of phenols is 2. The van der Waals surface area contributed by atoms with E-state index in [-0.39, 0.29) is 23.0 Å². The molecule has 0 aromatic heterocycles. The number of benzene rings is 1. The summed E-state index contributed by atoms with van der Waals surface area (Å²) in [5.74, 6) is -2.19. The van der Waals surface area contributed by atoms with Crippen molar-refractivity contribution < 1.29 is 24.9 Å². The van der Waals surface area contributed by atoms with Crippen molar-refractivity contribution in [2.45, 2.75) is 26.3 Å². The number of rotatable bonds is 5. The van der Waals surface area contributed by atoms with Crippen LogP contribution in [-0.2, 0) is 4.79 Å². The number of phenolic OH excluding ortho intramolecular Hbond substituents is 2. The summed E-state index contributed by atoms with van der Waals surface area (Å²) in [6.07, 6.45) is 0.297. The number of carbonyl (C=O) groups is 2. The molecule has 1 amide bonds. The summed E-state index contributed by atoms with van der Waals surface area (Å²) in [4.78, 5) is 22.9. The Bertz CT molecular complexity index is 464. The first-order valence-electron chi connectivity index (χ1n) is 5.86. The molecular weight excluding hydrogens is 250 g/mol. The van der Waals surface area contributed by atoms with E-state index in [1.165, 1.54) is 0 Å². The fourth-order valence-electron chi connectivity index (χ4n) is 1.66. The number of amides is 1. The molecule has 1 rings (SSSR count). The lowest BCUT2D eigenvalue weighted by Crippen LogP contribution is -2.41. The first kappa shape index (κ1) is 14.8. The van der Waals surface area contributed by atoms with Crippen LogP contribution in [0.4, 0.5) is 0 Å². The van der Waals surface area contributed by atoms with Gasteiger partial charge in [-0.2, -0.15) is 0 Å². The topological polar surface area (TPSA) is 107 Å².